The van der Waals surface area contributed by atoms with Crippen LogP contribution in [0, 0.1) is 0 Å². The maximum atomic E-state index is 12.2. The lowest BCUT2D eigenvalue weighted by Crippen LogP contribution is -2.13. The minimum absolute atomic E-state index is 0.0985. The minimum Gasteiger partial charge on any atom is -0.497 e. The number of methoxy groups -OCH3 is 1. The highest BCUT2D eigenvalue weighted by atomic mass is 35.5. The summed E-state index contributed by atoms with van der Waals surface area (Å²) in [5, 5.41) is 0.672. The van der Waals surface area contributed by atoms with E-state index < -0.39 is 0 Å². The molecule has 1 amide bonds. The number of ether oxygens (including phenoxy) is 1. The maximum Gasteiger partial charge on any atom is 0.248 e. The molecule has 0 saturated heterocycles. The van der Waals surface area contributed by atoms with Crippen LogP contribution in [0.1, 0.15) is 12.8 Å². The molecule has 0 aliphatic heterocycles. The van der Waals surface area contributed by atoms with Crippen molar-refractivity contribution in [2.24, 2.45) is 12.0 Å². The molecule has 7 heteroatoms. The third-order valence-electron chi connectivity index (χ3n) is 3.86. The van der Waals surface area contributed by atoms with Gasteiger partial charge >= 0.3 is 0 Å². The second kappa shape index (κ2) is 8.75. The number of aromatic nitrogens is 1. The van der Waals surface area contributed by atoms with Crippen LogP contribution in [0.2, 0.25) is 5.02 Å². The highest BCUT2D eigenvalue weighted by Crippen LogP contribution is 2.24. The lowest BCUT2D eigenvalue weighted by molar-refractivity contribution is -0.118. The molecule has 1 heterocycles. The quantitative estimate of drug-likeness (QED) is 0.432. The van der Waals surface area contributed by atoms with Crippen molar-refractivity contribution in [1.29, 1.82) is 0 Å². The summed E-state index contributed by atoms with van der Waals surface area (Å²) >= 11 is 9.45. The second-order valence-corrected chi connectivity index (χ2v) is 8.25. The van der Waals surface area contributed by atoms with Crippen molar-refractivity contribution in [2.75, 3.05) is 12.9 Å². The monoisotopic (exact) mass is 406 g/mol. The van der Waals surface area contributed by atoms with Gasteiger partial charge in [0.1, 0.15) is 5.75 Å². The molecule has 26 heavy (non-hydrogen) atoms. The van der Waals surface area contributed by atoms with Gasteiger partial charge in [0.25, 0.3) is 0 Å². The molecular weight excluding hydrogens is 388 g/mol. The van der Waals surface area contributed by atoms with E-state index in [4.69, 9.17) is 16.3 Å². The first kappa shape index (κ1) is 19.0. The summed E-state index contributed by atoms with van der Waals surface area (Å²) < 4.78 is 8.06. The van der Waals surface area contributed by atoms with E-state index >= 15 is 0 Å². The van der Waals surface area contributed by atoms with Crippen molar-refractivity contribution in [1.82, 2.24) is 4.57 Å². The highest BCUT2D eigenvalue weighted by Gasteiger charge is 2.08. The van der Waals surface area contributed by atoms with Crippen LogP contribution >= 0.6 is 34.7 Å². The van der Waals surface area contributed by atoms with Gasteiger partial charge in [-0.1, -0.05) is 29.0 Å². The van der Waals surface area contributed by atoms with Gasteiger partial charge in [-0.25, -0.2) is 0 Å². The number of hydrogen-bond acceptors (Lipinski definition) is 4. The molecule has 3 aromatic rings. The Morgan fingerprint density at radius 2 is 2.04 bits per heavy atom. The Bertz CT molecular complexity index is 977. The normalized spacial score (nSPS) is 11.9. The number of aryl methyl sites for hydroxylation is 1. The SMILES string of the molecule is COc1ccc(SCCCC(=O)N=c2sc3cccc(Cl)c3n2C)cc1. The molecule has 0 aliphatic carbocycles. The van der Waals surface area contributed by atoms with E-state index in [9.17, 15) is 4.79 Å². The number of halogens is 1. The molecule has 0 saturated carbocycles. The van der Waals surface area contributed by atoms with E-state index in [0.29, 0.717) is 16.2 Å². The van der Waals surface area contributed by atoms with Crippen molar-refractivity contribution in [3.8, 4) is 5.75 Å². The van der Waals surface area contributed by atoms with Crippen molar-refractivity contribution >= 4 is 50.8 Å². The number of nitrogens with zero attached hydrogens (tertiary/aromatic N) is 2. The van der Waals surface area contributed by atoms with Gasteiger partial charge in [-0.2, -0.15) is 4.99 Å². The van der Waals surface area contributed by atoms with Gasteiger partial charge in [0, 0.05) is 18.4 Å². The van der Waals surface area contributed by atoms with Gasteiger partial charge in [-0.05, 0) is 48.6 Å². The number of rotatable bonds is 6. The molecule has 3 rings (SSSR count). The van der Waals surface area contributed by atoms with E-state index in [2.05, 4.69) is 4.99 Å². The van der Waals surface area contributed by atoms with Crippen LogP contribution in [-0.2, 0) is 11.8 Å². The van der Waals surface area contributed by atoms with E-state index in [1.54, 1.807) is 18.9 Å². The first-order valence-electron chi connectivity index (χ1n) is 8.17. The van der Waals surface area contributed by atoms with Crippen LogP contribution in [0.4, 0.5) is 0 Å². The number of thiazole rings is 1. The highest BCUT2D eigenvalue weighted by molar-refractivity contribution is 7.99. The zero-order valence-electron chi connectivity index (χ0n) is 14.6. The summed E-state index contributed by atoms with van der Waals surface area (Å²) in [4.78, 5) is 18.3. The van der Waals surface area contributed by atoms with Crippen LogP contribution in [-0.4, -0.2) is 23.3 Å². The molecule has 0 atom stereocenters. The fourth-order valence-corrected chi connectivity index (χ4v) is 4.78. The van der Waals surface area contributed by atoms with E-state index in [1.165, 1.54) is 16.2 Å². The summed E-state index contributed by atoms with van der Waals surface area (Å²) in [6, 6.07) is 13.7. The van der Waals surface area contributed by atoms with Crippen molar-refractivity contribution in [2.45, 2.75) is 17.7 Å². The van der Waals surface area contributed by atoms with Crippen LogP contribution in [0.15, 0.2) is 52.4 Å². The number of hydrogen-bond donors (Lipinski definition) is 0. The first-order chi connectivity index (χ1) is 12.6. The van der Waals surface area contributed by atoms with Crippen LogP contribution < -0.4 is 9.54 Å². The maximum absolute atomic E-state index is 12.2. The minimum atomic E-state index is -0.0985. The fraction of sp³-hybridized carbons (Fsp3) is 0.263. The van der Waals surface area contributed by atoms with Gasteiger partial charge < -0.3 is 9.30 Å². The average molecular weight is 407 g/mol. The van der Waals surface area contributed by atoms with E-state index in [0.717, 1.165) is 28.1 Å². The molecule has 0 aliphatic rings. The van der Waals surface area contributed by atoms with E-state index in [1.807, 2.05) is 54.1 Å². The standard InChI is InChI=1S/C19H19ClN2O2S2/c1-22-18-15(20)5-3-6-16(18)26-19(22)21-17(23)7-4-12-25-14-10-8-13(24-2)9-11-14/h3,5-6,8-11H,4,7,12H2,1-2H3. The van der Waals surface area contributed by atoms with E-state index in [-0.39, 0.29) is 5.91 Å². The summed E-state index contributed by atoms with van der Waals surface area (Å²) in [5.74, 6) is 1.62. The molecule has 0 fully saturated rings. The molecule has 0 spiro atoms. The van der Waals surface area contributed by atoms with Crippen molar-refractivity contribution in [3.63, 3.8) is 0 Å². The molecule has 0 unspecified atom stereocenters. The summed E-state index contributed by atoms with van der Waals surface area (Å²) in [5.41, 5.74) is 0.917. The van der Waals surface area contributed by atoms with Gasteiger partial charge in [0.15, 0.2) is 4.80 Å². The Labute approximate surface area is 165 Å². The largest absolute Gasteiger partial charge is 0.497 e. The third kappa shape index (κ3) is 4.50. The van der Waals surface area contributed by atoms with Gasteiger partial charge in [-0.3, -0.25) is 4.79 Å². The van der Waals surface area contributed by atoms with Crippen LogP contribution in [0.25, 0.3) is 10.2 Å². The summed E-state index contributed by atoms with van der Waals surface area (Å²) in [6.45, 7) is 0. The van der Waals surface area contributed by atoms with Gasteiger partial charge in [0.05, 0.1) is 22.3 Å². The number of thioether (sulfide) groups is 1. The fourth-order valence-electron chi connectivity index (χ4n) is 2.51. The second-order valence-electron chi connectivity index (χ2n) is 5.66. The molecule has 1 aromatic heterocycles. The number of benzene rings is 2. The van der Waals surface area contributed by atoms with Crippen molar-refractivity contribution in [3.05, 3.63) is 52.3 Å². The molecular formula is C19H19ClN2O2S2. The smallest absolute Gasteiger partial charge is 0.248 e. The van der Waals surface area contributed by atoms with Gasteiger partial charge in [-0.15, -0.1) is 11.8 Å². The Morgan fingerprint density at radius 3 is 2.73 bits per heavy atom. The van der Waals surface area contributed by atoms with Crippen molar-refractivity contribution < 1.29 is 9.53 Å². The Kier molecular flexibility index (Phi) is 6.40. The Balaban J connectivity index is 1.58. The molecule has 0 radical (unpaired) electrons. The number of para-hydroxylation sites is 1. The number of carbonyl (C=O) groups is 1. The Morgan fingerprint density at radius 1 is 1.27 bits per heavy atom. The predicted molar refractivity (Wildman–Crippen MR) is 109 cm³/mol. The van der Waals surface area contributed by atoms with Crippen LogP contribution in [0.5, 0.6) is 5.75 Å². The lowest BCUT2D eigenvalue weighted by atomic mass is 10.3. The van der Waals surface area contributed by atoms with Gasteiger partial charge in [0.2, 0.25) is 5.91 Å². The number of fused-ring (bicyclic) bond motifs is 1. The zero-order valence-corrected chi connectivity index (χ0v) is 17.0. The molecule has 136 valence electrons. The predicted octanol–water partition coefficient (Wildman–Crippen LogP) is 4.90. The Hall–Kier alpha value is -1.76. The molecule has 4 nitrogen and oxygen atoms in total. The number of amides is 1. The summed E-state index contributed by atoms with van der Waals surface area (Å²) in [7, 11) is 3.54. The lowest BCUT2D eigenvalue weighted by Gasteiger charge is -2.02. The molecule has 0 N–H and O–H groups in total. The molecule has 0 bridgehead atoms. The average Bonchev–Trinajstić information content (AvgIpc) is 2.96. The topological polar surface area (TPSA) is 43.6 Å². The summed E-state index contributed by atoms with van der Waals surface area (Å²) in [6.07, 6.45) is 1.22. The zero-order chi connectivity index (χ0) is 18.5. The molecule has 2 aromatic carbocycles. The van der Waals surface area contributed by atoms with Crippen LogP contribution in [0.3, 0.4) is 0 Å². The number of carbonyl (C=O) groups excluding carboxylic acids is 1. The first-order valence-corrected chi connectivity index (χ1v) is 10.3. The third-order valence-corrected chi connectivity index (χ3v) is 6.36.